The number of imidazole rings is 1. The molecule has 2 rings (SSSR count). The van der Waals surface area contributed by atoms with Crippen LogP contribution in [0.2, 0.25) is 0 Å². The van der Waals surface area contributed by atoms with Crippen LogP contribution in [0.5, 0.6) is 5.75 Å². The van der Waals surface area contributed by atoms with Crippen molar-refractivity contribution in [2.24, 2.45) is 0 Å². The molecule has 0 bridgehead atoms. The van der Waals surface area contributed by atoms with Crippen molar-refractivity contribution in [3.8, 4) is 5.75 Å². The first-order chi connectivity index (χ1) is 9.66. The first-order valence-electron chi connectivity index (χ1n) is 6.70. The van der Waals surface area contributed by atoms with E-state index in [1.165, 1.54) is 0 Å². The minimum atomic E-state index is -0.231. The summed E-state index contributed by atoms with van der Waals surface area (Å²) in [7, 11) is 0. The van der Waals surface area contributed by atoms with Crippen molar-refractivity contribution in [2.75, 3.05) is 6.54 Å². The summed E-state index contributed by atoms with van der Waals surface area (Å²) in [4.78, 5) is 15.9. The van der Waals surface area contributed by atoms with E-state index in [2.05, 4.69) is 10.3 Å². The van der Waals surface area contributed by atoms with Gasteiger partial charge >= 0.3 is 0 Å². The maximum absolute atomic E-state index is 11.9. The zero-order chi connectivity index (χ0) is 14.4. The fraction of sp³-hybridized carbons (Fsp3) is 0.333. The van der Waals surface area contributed by atoms with E-state index in [9.17, 15) is 9.90 Å². The number of carbonyl (C=O) groups is 1. The van der Waals surface area contributed by atoms with E-state index in [0.717, 1.165) is 24.9 Å². The van der Waals surface area contributed by atoms with Crippen LogP contribution < -0.4 is 5.32 Å². The second-order valence-corrected chi connectivity index (χ2v) is 4.78. The van der Waals surface area contributed by atoms with Crippen LogP contribution in [-0.2, 0) is 6.54 Å². The largest absolute Gasteiger partial charge is 0.507 e. The Morgan fingerprint density at radius 3 is 2.95 bits per heavy atom. The monoisotopic (exact) mass is 273 g/mol. The molecule has 2 aromatic rings. The fourth-order valence-corrected chi connectivity index (χ4v) is 1.97. The van der Waals surface area contributed by atoms with Gasteiger partial charge in [-0.15, -0.1) is 0 Å². The Morgan fingerprint density at radius 2 is 2.25 bits per heavy atom. The number of benzene rings is 1. The number of carbonyl (C=O) groups excluding carboxylic acids is 1. The Bertz CT molecular complexity index is 565. The van der Waals surface area contributed by atoms with Crippen LogP contribution in [0.25, 0.3) is 0 Å². The van der Waals surface area contributed by atoms with Crippen molar-refractivity contribution in [1.82, 2.24) is 14.9 Å². The number of phenolic OH excluding ortho intramolecular Hbond substituents is 1. The van der Waals surface area contributed by atoms with Gasteiger partial charge in [0.05, 0.1) is 11.9 Å². The highest BCUT2D eigenvalue weighted by molar-refractivity contribution is 5.96. The molecule has 1 heterocycles. The lowest BCUT2D eigenvalue weighted by Gasteiger charge is -2.07. The molecule has 0 aliphatic carbocycles. The molecule has 0 aliphatic heterocycles. The number of aromatic nitrogens is 2. The van der Waals surface area contributed by atoms with E-state index >= 15 is 0 Å². The number of nitrogens with one attached hydrogen (secondary N) is 1. The molecule has 1 amide bonds. The number of phenols is 1. The quantitative estimate of drug-likeness (QED) is 0.792. The van der Waals surface area contributed by atoms with E-state index in [1.807, 2.05) is 23.8 Å². The summed E-state index contributed by atoms with van der Waals surface area (Å²) in [5, 5.41) is 12.5. The van der Waals surface area contributed by atoms with Crippen molar-refractivity contribution >= 4 is 5.91 Å². The molecular formula is C15H19N3O2. The lowest BCUT2D eigenvalue weighted by molar-refractivity contribution is 0.0950. The molecule has 0 radical (unpaired) electrons. The van der Waals surface area contributed by atoms with Gasteiger partial charge in [0.2, 0.25) is 0 Å². The SMILES string of the molecule is Cc1ccc(C(=O)NCCCCn2ccnc2)c(O)c1. The van der Waals surface area contributed by atoms with Crippen LogP contribution >= 0.6 is 0 Å². The number of nitrogens with zero attached hydrogens (tertiary/aromatic N) is 2. The molecular weight excluding hydrogens is 254 g/mol. The summed E-state index contributed by atoms with van der Waals surface area (Å²) in [6, 6.07) is 5.05. The van der Waals surface area contributed by atoms with E-state index in [1.54, 1.807) is 24.7 Å². The van der Waals surface area contributed by atoms with Gasteiger partial charge in [-0.05, 0) is 37.5 Å². The number of hydrogen-bond donors (Lipinski definition) is 2. The lowest BCUT2D eigenvalue weighted by atomic mass is 10.1. The summed E-state index contributed by atoms with van der Waals surface area (Å²) >= 11 is 0. The van der Waals surface area contributed by atoms with Crippen LogP contribution in [-0.4, -0.2) is 27.1 Å². The Labute approximate surface area is 118 Å². The van der Waals surface area contributed by atoms with Crippen LogP contribution in [0.1, 0.15) is 28.8 Å². The lowest BCUT2D eigenvalue weighted by Crippen LogP contribution is -2.24. The number of unbranched alkanes of at least 4 members (excludes halogenated alkanes) is 1. The molecule has 1 aromatic carbocycles. The third kappa shape index (κ3) is 3.85. The van der Waals surface area contributed by atoms with Crippen molar-refractivity contribution in [2.45, 2.75) is 26.3 Å². The molecule has 0 fully saturated rings. The highest BCUT2D eigenvalue weighted by atomic mass is 16.3. The standard InChI is InChI=1S/C15H19N3O2/c1-12-4-5-13(14(19)10-12)15(20)17-6-2-3-8-18-9-7-16-11-18/h4-5,7,9-11,19H,2-3,6,8H2,1H3,(H,17,20). The van der Waals surface area contributed by atoms with Gasteiger partial charge in [0.25, 0.3) is 5.91 Å². The number of aryl methyl sites for hydroxylation is 2. The molecule has 0 spiro atoms. The highest BCUT2D eigenvalue weighted by Gasteiger charge is 2.09. The van der Waals surface area contributed by atoms with Gasteiger partial charge in [-0.25, -0.2) is 4.98 Å². The first-order valence-corrected chi connectivity index (χ1v) is 6.70. The van der Waals surface area contributed by atoms with Gasteiger partial charge in [0.15, 0.2) is 0 Å². The zero-order valence-electron chi connectivity index (χ0n) is 11.5. The predicted octanol–water partition coefficient (Wildman–Crippen LogP) is 2.11. The van der Waals surface area contributed by atoms with Crippen LogP contribution in [0.4, 0.5) is 0 Å². The molecule has 5 heteroatoms. The summed E-state index contributed by atoms with van der Waals surface area (Å²) in [5.74, 6) is -0.203. The molecule has 0 aliphatic rings. The van der Waals surface area contributed by atoms with E-state index in [-0.39, 0.29) is 11.7 Å². The van der Waals surface area contributed by atoms with Crippen molar-refractivity contribution in [1.29, 1.82) is 0 Å². The summed E-state index contributed by atoms with van der Waals surface area (Å²) in [6.45, 7) is 3.37. The average molecular weight is 273 g/mol. The van der Waals surface area contributed by atoms with Crippen LogP contribution in [0, 0.1) is 6.92 Å². The van der Waals surface area contributed by atoms with Gasteiger partial charge in [0, 0.05) is 25.5 Å². The van der Waals surface area contributed by atoms with Crippen molar-refractivity contribution in [3.05, 3.63) is 48.0 Å². The van der Waals surface area contributed by atoms with E-state index in [0.29, 0.717) is 12.1 Å². The Hall–Kier alpha value is -2.30. The maximum atomic E-state index is 11.9. The average Bonchev–Trinajstić information content (AvgIpc) is 2.91. The van der Waals surface area contributed by atoms with Gasteiger partial charge in [0.1, 0.15) is 5.75 Å². The van der Waals surface area contributed by atoms with Gasteiger partial charge in [-0.1, -0.05) is 6.07 Å². The van der Waals surface area contributed by atoms with E-state index < -0.39 is 0 Å². The minimum Gasteiger partial charge on any atom is -0.507 e. The molecule has 0 atom stereocenters. The third-order valence-corrected chi connectivity index (χ3v) is 3.09. The molecule has 0 unspecified atom stereocenters. The number of amides is 1. The Balaban J connectivity index is 1.72. The Morgan fingerprint density at radius 1 is 1.40 bits per heavy atom. The van der Waals surface area contributed by atoms with Gasteiger partial charge in [-0.2, -0.15) is 0 Å². The topological polar surface area (TPSA) is 67.2 Å². The minimum absolute atomic E-state index is 0.0286. The summed E-state index contributed by atoms with van der Waals surface area (Å²) in [5.41, 5.74) is 1.25. The third-order valence-electron chi connectivity index (χ3n) is 3.09. The van der Waals surface area contributed by atoms with Crippen LogP contribution in [0.15, 0.2) is 36.9 Å². The van der Waals surface area contributed by atoms with Crippen molar-refractivity contribution in [3.63, 3.8) is 0 Å². The highest BCUT2D eigenvalue weighted by Crippen LogP contribution is 2.17. The molecule has 20 heavy (non-hydrogen) atoms. The van der Waals surface area contributed by atoms with E-state index in [4.69, 9.17) is 0 Å². The second kappa shape index (κ2) is 6.75. The summed E-state index contributed by atoms with van der Waals surface area (Å²) in [6.07, 6.45) is 7.31. The van der Waals surface area contributed by atoms with Gasteiger partial charge < -0.3 is 15.0 Å². The normalized spacial score (nSPS) is 10.4. The van der Waals surface area contributed by atoms with Gasteiger partial charge in [-0.3, -0.25) is 4.79 Å². The van der Waals surface area contributed by atoms with Crippen LogP contribution in [0.3, 0.4) is 0 Å². The smallest absolute Gasteiger partial charge is 0.255 e. The molecule has 106 valence electrons. The molecule has 2 N–H and O–H groups in total. The number of hydrogen-bond acceptors (Lipinski definition) is 3. The first kappa shape index (κ1) is 14.1. The Kier molecular flexibility index (Phi) is 4.76. The maximum Gasteiger partial charge on any atom is 0.255 e. The number of aromatic hydroxyl groups is 1. The number of rotatable bonds is 6. The second-order valence-electron chi connectivity index (χ2n) is 4.78. The van der Waals surface area contributed by atoms with Crippen molar-refractivity contribution < 1.29 is 9.90 Å². The molecule has 0 saturated heterocycles. The molecule has 0 saturated carbocycles. The molecule has 1 aromatic heterocycles. The zero-order valence-corrected chi connectivity index (χ0v) is 11.5. The predicted molar refractivity (Wildman–Crippen MR) is 76.6 cm³/mol. The summed E-state index contributed by atoms with van der Waals surface area (Å²) < 4.78 is 2.01. The molecule has 5 nitrogen and oxygen atoms in total. The fourth-order valence-electron chi connectivity index (χ4n) is 1.97.